The SMILES string of the molecule is C1=C\CC/C=C\CC/1.[Cl][InH2]. The van der Waals surface area contributed by atoms with Crippen molar-refractivity contribution in [3.63, 3.8) is 0 Å². The maximum absolute atomic E-state index is 4.85. The zero-order valence-electron chi connectivity index (χ0n) is 6.52. The molecule has 0 radical (unpaired) electrons. The van der Waals surface area contributed by atoms with Crippen LogP contribution in [0.15, 0.2) is 24.3 Å². The van der Waals surface area contributed by atoms with Crippen molar-refractivity contribution in [1.82, 2.24) is 0 Å². The standard InChI is InChI=1S/C8H12.ClH.In.2H/c1-2-4-6-8-7-5-3-1;;;;/h1-2,7-8H,3-6H2;1H;;;/q;;+1;;/p-1/b2-1-,8-7-;;;;. The van der Waals surface area contributed by atoms with Gasteiger partial charge in [-0.1, -0.05) is 24.3 Å². The van der Waals surface area contributed by atoms with E-state index in [1.807, 2.05) is 0 Å². The van der Waals surface area contributed by atoms with Gasteiger partial charge in [-0.25, -0.2) is 0 Å². The molecule has 0 unspecified atom stereocenters. The van der Waals surface area contributed by atoms with Gasteiger partial charge >= 0.3 is 31.8 Å². The van der Waals surface area contributed by atoms with Gasteiger partial charge in [-0.15, -0.1) is 0 Å². The van der Waals surface area contributed by atoms with Crippen molar-refractivity contribution in [3.8, 4) is 0 Å². The Morgan fingerprint density at radius 3 is 1.10 bits per heavy atom. The van der Waals surface area contributed by atoms with Gasteiger partial charge in [-0.3, -0.25) is 0 Å². The van der Waals surface area contributed by atoms with E-state index >= 15 is 0 Å². The van der Waals surface area contributed by atoms with Gasteiger partial charge in [0.1, 0.15) is 0 Å². The molecule has 2 heteroatoms. The van der Waals surface area contributed by atoms with E-state index in [4.69, 9.17) is 8.58 Å². The molecule has 1 aliphatic carbocycles. The van der Waals surface area contributed by atoms with Gasteiger partial charge in [0.15, 0.2) is 0 Å². The molecule has 0 nitrogen and oxygen atoms in total. The summed E-state index contributed by atoms with van der Waals surface area (Å²) in [6, 6.07) is 0. The number of halogens is 1. The van der Waals surface area contributed by atoms with Crippen LogP contribution in [0.5, 0.6) is 0 Å². The van der Waals surface area contributed by atoms with E-state index in [1.165, 1.54) is 25.7 Å². The van der Waals surface area contributed by atoms with Crippen LogP contribution < -0.4 is 0 Å². The first-order valence-electron chi connectivity index (χ1n) is 3.68. The van der Waals surface area contributed by atoms with Crippen molar-refractivity contribution in [3.05, 3.63) is 24.3 Å². The van der Waals surface area contributed by atoms with Crippen LogP contribution in [0.4, 0.5) is 0 Å². The summed E-state index contributed by atoms with van der Waals surface area (Å²) in [4.78, 5) is 0. The summed E-state index contributed by atoms with van der Waals surface area (Å²) in [5, 5.41) is 0. The monoisotopic (exact) mass is 260 g/mol. The third kappa shape index (κ3) is 6.76. The van der Waals surface area contributed by atoms with Gasteiger partial charge in [-0.2, -0.15) is 0 Å². The van der Waals surface area contributed by atoms with Crippen LogP contribution >= 0.6 is 8.58 Å². The number of allylic oxidation sites excluding steroid dienone is 4. The second-order valence-electron chi connectivity index (χ2n) is 2.10. The zero-order chi connectivity index (χ0) is 7.66. The maximum atomic E-state index is 4.85. The first kappa shape index (κ1) is 10.6. The molecule has 1 rings (SSSR count). The Morgan fingerprint density at radius 1 is 0.700 bits per heavy atom. The molecular weight excluding hydrogens is 246 g/mol. The predicted octanol–water partition coefficient (Wildman–Crippen LogP) is 2.45. The van der Waals surface area contributed by atoms with Crippen LogP contribution in [0.3, 0.4) is 0 Å². The van der Waals surface area contributed by atoms with Gasteiger partial charge in [0.2, 0.25) is 0 Å². The second-order valence-corrected chi connectivity index (χ2v) is 2.10. The van der Waals surface area contributed by atoms with Crippen molar-refractivity contribution in [2.75, 3.05) is 0 Å². The third-order valence-corrected chi connectivity index (χ3v) is 1.33. The van der Waals surface area contributed by atoms with E-state index < -0.39 is 0 Å². The second kappa shape index (κ2) is 9.64. The molecule has 0 aromatic rings. The summed E-state index contributed by atoms with van der Waals surface area (Å²) in [7, 11) is 4.85. The molecule has 0 aromatic heterocycles. The normalized spacial score (nSPS) is 22.9. The Balaban J connectivity index is 0.000000371. The molecule has 0 heterocycles. The molecule has 0 fully saturated rings. The van der Waals surface area contributed by atoms with Crippen LogP contribution in [0.1, 0.15) is 25.7 Å². The molecule has 0 aromatic carbocycles. The molecule has 0 saturated heterocycles. The van der Waals surface area contributed by atoms with Crippen LogP contribution in [-0.4, -0.2) is 23.2 Å². The summed E-state index contributed by atoms with van der Waals surface area (Å²) in [5.74, 6) is 0. The van der Waals surface area contributed by atoms with E-state index in [0.717, 1.165) is 0 Å². The van der Waals surface area contributed by atoms with Crippen molar-refractivity contribution < 1.29 is 0 Å². The Kier molecular flexibility index (Phi) is 10.3. The topological polar surface area (TPSA) is 0 Å². The Bertz CT molecular complexity index is 81.8. The number of rotatable bonds is 0. The molecule has 0 bridgehead atoms. The van der Waals surface area contributed by atoms with E-state index in [2.05, 4.69) is 24.3 Å². The van der Waals surface area contributed by atoms with E-state index in [9.17, 15) is 0 Å². The molecule has 10 heavy (non-hydrogen) atoms. The Morgan fingerprint density at radius 2 is 0.900 bits per heavy atom. The molecule has 1 aliphatic rings. The minimum atomic E-state index is 0.422. The van der Waals surface area contributed by atoms with Gasteiger partial charge in [-0.05, 0) is 25.7 Å². The fourth-order valence-corrected chi connectivity index (χ4v) is 0.856. The third-order valence-electron chi connectivity index (χ3n) is 1.33. The Labute approximate surface area is 81.5 Å². The van der Waals surface area contributed by atoms with E-state index in [1.54, 1.807) is 0 Å². The van der Waals surface area contributed by atoms with Gasteiger partial charge < -0.3 is 0 Å². The quantitative estimate of drug-likeness (QED) is 0.587. The molecule has 0 aliphatic heterocycles. The van der Waals surface area contributed by atoms with Crippen LogP contribution in [-0.2, 0) is 0 Å². The summed E-state index contributed by atoms with van der Waals surface area (Å²) in [5.41, 5.74) is 0. The summed E-state index contributed by atoms with van der Waals surface area (Å²) in [6.45, 7) is 0. The minimum absolute atomic E-state index is 0.422. The average Bonchev–Trinajstić information content (AvgIpc) is 1.90. The first-order chi connectivity index (χ1) is 5.00. The Hall–Kier alpha value is 0.640. The number of hydrogen-bond donors (Lipinski definition) is 0. The van der Waals surface area contributed by atoms with Gasteiger partial charge in [0.25, 0.3) is 0 Å². The van der Waals surface area contributed by atoms with Crippen LogP contribution in [0.2, 0.25) is 0 Å². The molecule has 0 amide bonds. The van der Waals surface area contributed by atoms with Crippen molar-refractivity contribution in [2.45, 2.75) is 25.7 Å². The summed E-state index contributed by atoms with van der Waals surface area (Å²) >= 11 is 0.422. The molecule has 0 atom stereocenters. The predicted molar refractivity (Wildman–Crippen MR) is 51.1 cm³/mol. The van der Waals surface area contributed by atoms with Crippen molar-refractivity contribution >= 4 is 31.8 Å². The first-order valence-corrected chi connectivity index (χ1v) is 10.9. The molecule has 0 spiro atoms. The fourth-order valence-electron chi connectivity index (χ4n) is 0.856. The molecule has 0 saturated carbocycles. The number of hydrogen-bond acceptors (Lipinski definition) is 0. The van der Waals surface area contributed by atoms with Crippen molar-refractivity contribution in [2.24, 2.45) is 0 Å². The fraction of sp³-hybridized carbons (Fsp3) is 0.500. The molecule has 56 valence electrons. The molecule has 0 N–H and O–H groups in total. The molecular formula is C8H14ClIn. The van der Waals surface area contributed by atoms with Gasteiger partial charge in [0.05, 0.1) is 0 Å². The zero-order valence-corrected chi connectivity index (χ0v) is 13.0. The van der Waals surface area contributed by atoms with Crippen molar-refractivity contribution in [1.29, 1.82) is 0 Å². The summed E-state index contributed by atoms with van der Waals surface area (Å²) in [6.07, 6.45) is 14.0. The van der Waals surface area contributed by atoms with E-state index in [-0.39, 0.29) is 0 Å². The van der Waals surface area contributed by atoms with Gasteiger partial charge in [0, 0.05) is 0 Å². The van der Waals surface area contributed by atoms with E-state index in [0.29, 0.717) is 23.2 Å². The average molecular weight is 260 g/mol. The van der Waals surface area contributed by atoms with Crippen LogP contribution in [0.25, 0.3) is 0 Å². The summed E-state index contributed by atoms with van der Waals surface area (Å²) < 4.78 is 0. The van der Waals surface area contributed by atoms with Crippen LogP contribution in [0, 0.1) is 0 Å².